The zero-order valence-corrected chi connectivity index (χ0v) is 13.4. The largest absolute Gasteiger partial charge is 0.323 e. The Balaban J connectivity index is 2.34. The molecule has 0 aliphatic heterocycles. The second-order valence-electron chi connectivity index (χ2n) is 5.71. The lowest BCUT2D eigenvalue weighted by Gasteiger charge is -2.25. The van der Waals surface area contributed by atoms with Gasteiger partial charge in [0.25, 0.3) is 0 Å². The molecule has 0 saturated heterocycles. The molecule has 0 aromatic heterocycles. The van der Waals surface area contributed by atoms with E-state index in [1.165, 1.54) is 0 Å². The van der Waals surface area contributed by atoms with Crippen molar-refractivity contribution in [2.45, 2.75) is 25.1 Å². The predicted octanol–water partition coefficient (Wildman–Crippen LogP) is 3.83. The molecule has 3 unspecified atom stereocenters. The zero-order valence-electron chi connectivity index (χ0n) is 12.6. The van der Waals surface area contributed by atoms with Crippen molar-refractivity contribution in [2.24, 2.45) is 11.7 Å². The maximum absolute atomic E-state index is 12.8. The van der Waals surface area contributed by atoms with Crippen molar-refractivity contribution in [3.63, 3.8) is 0 Å². The molecule has 2 rings (SSSR count). The topological polar surface area (TPSA) is 43.1 Å². The lowest BCUT2D eigenvalue weighted by Crippen LogP contribution is -2.26. The first kappa shape index (κ1) is 15.9. The van der Waals surface area contributed by atoms with Crippen molar-refractivity contribution in [2.75, 3.05) is 5.75 Å². The Bertz CT molecular complexity index is 568. The molecule has 0 heterocycles. The van der Waals surface area contributed by atoms with Crippen LogP contribution >= 0.6 is 0 Å². The van der Waals surface area contributed by atoms with Gasteiger partial charge in [-0.1, -0.05) is 74.5 Å². The summed E-state index contributed by atoms with van der Waals surface area (Å²) in [7, 11) is -0.994. The smallest absolute Gasteiger partial charge is 0.0789 e. The Hall–Kier alpha value is -1.45. The van der Waals surface area contributed by atoms with Crippen LogP contribution in [0.5, 0.6) is 0 Å². The number of benzene rings is 2. The van der Waals surface area contributed by atoms with E-state index in [9.17, 15) is 4.21 Å². The number of rotatable bonds is 6. The third kappa shape index (κ3) is 4.26. The van der Waals surface area contributed by atoms with E-state index in [1.807, 2.05) is 60.7 Å². The van der Waals surface area contributed by atoms with E-state index in [1.54, 1.807) is 0 Å². The molecule has 0 aliphatic carbocycles. The second kappa shape index (κ2) is 7.53. The Labute approximate surface area is 129 Å². The van der Waals surface area contributed by atoms with Crippen LogP contribution in [0.3, 0.4) is 0 Å². The summed E-state index contributed by atoms with van der Waals surface area (Å²) in [5, 5.41) is -0.170. The second-order valence-corrected chi connectivity index (χ2v) is 7.31. The van der Waals surface area contributed by atoms with E-state index in [0.29, 0.717) is 11.7 Å². The Morgan fingerprint density at radius 1 is 0.905 bits per heavy atom. The monoisotopic (exact) mass is 301 g/mol. The third-order valence-electron chi connectivity index (χ3n) is 3.42. The highest BCUT2D eigenvalue weighted by atomic mass is 32.2. The van der Waals surface area contributed by atoms with E-state index in [4.69, 9.17) is 5.73 Å². The van der Waals surface area contributed by atoms with E-state index >= 15 is 0 Å². The van der Waals surface area contributed by atoms with Crippen molar-refractivity contribution in [1.29, 1.82) is 0 Å². The predicted molar refractivity (Wildman–Crippen MR) is 90.4 cm³/mol. The SMILES string of the molecule is CC(C)CS(=O)C(c1ccccc1)C(N)c1ccccc1. The first-order chi connectivity index (χ1) is 10.1. The fourth-order valence-electron chi connectivity index (χ4n) is 2.45. The van der Waals surface area contributed by atoms with Crippen LogP contribution in [0.1, 0.15) is 36.3 Å². The first-order valence-electron chi connectivity index (χ1n) is 7.32. The van der Waals surface area contributed by atoms with Crippen LogP contribution in [-0.2, 0) is 10.8 Å². The van der Waals surface area contributed by atoms with Crippen molar-refractivity contribution in [3.05, 3.63) is 71.8 Å². The average Bonchev–Trinajstić information content (AvgIpc) is 2.48. The number of nitrogens with two attached hydrogens (primary N) is 1. The molecule has 2 aromatic carbocycles. The van der Waals surface area contributed by atoms with Crippen LogP contribution in [0.15, 0.2) is 60.7 Å². The molecule has 2 nitrogen and oxygen atoms in total. The van der Waals surface area contributed by atoms with Gasteiger partial charge in [0, 0.05) is 22.6 Å². The van der Waals surface area contributed by atoms with E-state index < -0.39 is 10.8 Å². The van der Waals surface area contributed by atoms with Gasteiger partial charge in [-0.3, -0.25) is 4.21 Å². The normalized spacial score (nSPS) is 15.6. The lowest BCUT2D eigenvalue weighted by atomic mass is 9.99. The van der Waals surface area contributed by atoms with Crippen LogP contribution < -0.4 is 5.73 Å². The summed E-state index contributed by atoms with van der Waals surface area (Å²) in [6.07, 6.45) is 0. The minimum atomic E-state index is -0.994. The van der Waals surface area contributed by atoms with Gasteiger partial charge in [0.1, 0.15) is 0 Å². The van der Waals surface area contributed by atoms with Crippen molar-refractivity contribution in [1.82, 2.24) is 0 Å². The highest BCUT2D eigenvalue weighted by molar-refractivity contribution is 7.85. The van der Waals surface area contributed by atoms with Gasteiger partial charge in [-0.15, -0.1) is 0 Å². The number of hydrogen-bond acceptors (Lipinski definition) is 2. The maximum Gasteiger partial charge on any atom is 0.0789 e. The molecule has 0 fully saturated rings. The van der Waals surface area contributed by atoms with E-state index in [0.717, 1.165) is 11.1 Å². The standard InChI is InChI=1S/C18H23NOS/c1-14(2)13-21(20)18(16-11-7-4-8-12-16)17(19)15-9-5-3-6-10-15/h3-12,14,17-18H,13,19H2,1-2H3. The van der Waals surface area contributed by atoms with Crippen molar-refractivity contribution < 1.29 is 4.21 Å². The fraction of sp³-hybridized carbons (Fsp3) is 0.333. The summed E-state index contributed by atoms with van der Waals surface area (Å²) < 4.78 is 12.8. The molecule has 3 atom stereocenters. The Morgan fingerprint density at radius 2 is 1.38 bits per heavy atom. The molecule has 0 saturated carbocycles. The minimum absolute atomic E-state index is 0.170. The number of hydrogen-bond donors (Lipinski definition) is 1. The molecule has 0 spiro atoms. The Morgan fingerprint density at radius 3 is 1.86 bits per heavy atom. The van der Waals surface area contributed by atoms with E-state index in [2.05, 4.69) is 13.8 Å². The van der Waals surface area contributed by atoms with E-state index in [-0.39, 0.29) is 11.3 Å². The van der Waals surface area contributed by atoms with Gasteiger partial charge < -0.3 is 5.73 Å². The van der Waals surface area contributed by atoms with Crippen LogP contribution in [0, 0.1) is 5.92 Å². The molecule has 0 bridgehead atoms. The molecule has 2 N–H and O–H groups in total. The average molecular weight is 301 g/mol. The summed E-state index contributed by atoms with van der Waals surface area (Å²) >= 11 is 0. The van der Waals surface area contributed by atoms with Crippen LogP contribution in [0.25, 0.3) is 0 Å². The quantitative estimate of drug-likeness (QED) is 0.881. The minimum Gasteiger partial charge on any atom is -0.323 e. The zero-order chi connectivity index (χ0) is 15.2. The molecular formula is C18H23NOS. The summed E-state index contributed by atoms with van der Waals surface area (Å²) in [6.45, 7) is 4.18. The molecule has 21 heavy (non-hydrogen) atoms. The first-order valence-corrected chi connectivity index (χ1v) is 8.70. The highest BCUT2D eigenvalue weighted by Gasteiger charge is 2.27. The summed E-state index contributed by atoms with van der Waals surface area (Å²) in [5.41, 5.74) is 8.53. The molecule has 2 aromatic rings. The Kier molecular flexibility index (Phi) is 5.71. The molecular weight excluding hydrogens is 278 g/mol. The molecule has 0 aliphatic rings. The van der Waals surface area contributed by atoms with Gasteiger partial charge in [0.15, 0.2) is 0 Å². The summed E-state index contributed by atoms with van der Waals surface area (Å²) in [6, 6.07) is 19.6. The van der Waals surface area contributed by atoms with Crippen molar-refractivity contribution >= 4 is 10.8 Å². The molecule has 112 valence electrons. The van der Waals surface area contributed by atoms with Crippen LogP contribution in [0.2, 0.25) is 0 Å². The maximum atomic E-state index is 12.8. The third-order valence-corrected chi connectivity index (χ3v) is 5.55. The highest BCUT2D eigenvalue weighted by Crippen LogP contribution is 2.32. The molecule has 0 radical (unpaired) electrons. The van der Waals surface area contributed by atoms with Gasteiger partial charge in [-0.25, -0.2) is 0 Å². The van der Waals surface area contributed by atoms with Gasteiger partial charge in [-0.05, 0) is 17.0 Å². The van der Waals surface area contributed by atoms with Crippen LogP contribution in [0.4, 0.5) is 0 Å². The fourth-order valence-corrected chi connectivity index (χ4v) is 4.26. The van der Waals surface area contributed by atoms with Gasteiger partial charge >= 0.3 is 0 Å². The van der Waals surface area contributed by atoms with Crippen LogP contribution in [-0.4, -0.2) is 9.96 Å². The summed E-state index contributed by atoms with van der Waals surface area (Å²) in [4.78, 5) is 0. The van der Waals surface area contributed by atoms with Gasteiger partial charge in [0.2, 0.25) is 0 Å². The molecule has 0 amide bonds. The van der Waals surface area contributed by atoms with Crippen molar-refractivity contribution in [3.8, 4) is 0 Å². The van der Waals surface area contributed by atoms with Gasteiger partial charge in [-0.2, -0.15) is 0 Å². The molecule has 3 heteroatoms. The summed E-state index contributed by atoms with van der Waals surface area (Å²) in [5.74, 6) is 1.06. The van der Waals surface area contributed by atoms with Gasteiger partial charge in [0.05, 0.1) is 5.25 Å². The lowest BCUT2D eigenvalue weighted by molar-refractivity contribution is 0.624.